The van der Waals surface area contributed by atoms with E-state index in [0.29, 0.717) is 0 Å². The van der Waals surface area contributed by atoms with Gasteiger partial charge < -0.3 is 0 Å². The molecule has 2 aliphatic rings. The van der Waals surface area contributed by atoms with E-state index in [9.17, 15) is 0 Å². The first-order valence-electron chi connectivity index (χ1n) is 11.8. The highest BCUT2D eigenvalue weighted by Gasteiger charge is 2.13. The molecule has 0 spiro atoms. The van der Waals surface area contributed by atoms with Crippen LogP contribution in [0, 0.1) is 0 Å². The fourth-order valence-electron chi connectivity index (χ4n) is 5.17. The monoisotopic (exact) mass is 495 g/mol. The molecule has 0 saturated heterocycles. The number of nitrogens with zero attached hydrogens (tertiary/aromatic N) is 3. The molecule has 0 saturated carbocycles. The second kappa shape index (κ2) is 7.65. The van der Waals surface area contributed by atoms with E-state index in [1.54, 1.807) is 11.3 Å². The van der Waals surface area contributed by atoms with E-state index in [0.717, 1.165) is 22.6 Å². The SMILES string of the molecule is C(/c1ccc2c(/C=c3/sc4cccc5cccc3c54)nnc-2cn1)=c1\sc2cccc3cccc1c32. The van der Waals surface area contributed by atoms with Crippen LogP contribution in [0.25, 0.3) is 65.1 Å². The third-order valence-corrected chi connectivity index (χ3v) is 9.06. The van der Waals surface area contributed by atoms with Crippen molar-refractivity contribution < 1.29 is 0 Å². The molecule has 3 nitrogen and oxygen atoms in total. The van der Waals surface area contributed by atoms with Gasteiger partial charge in [0.25, 0.3) is 0 Å². The first-order chi connectivity index (χ1) is 17.8. The third kappa shape index (κ3) is 3.00. The molecule has 0 N–H and O–H groups in total. The predicted octanol–water partition coefficient (Wildman–Crippen LogP) is 6.81. The lowest BCUT2D eigenvalue weighted by Crippen LogP contribution is -1.93. The summed E-state index contributed by atoms with van der Waals surface area (Å²) in [5, 5.41) is 16.7. The normalized spacial score (nSPS) is 13.3. The highest BCUT2D eigenvalue weighted by Crippen LogP contribution is 2.30. The molecule has 168 valence electrons. The zero-order chi connectivity index (χ0) is 23.6. The molecule has 0 aliphatic carbocycles. The molecule has 0 amide bonds. The van der Waals surface area contributed by atoms with Gasteiger partial charge in [0.2, 0.25) is 0 Å². The lowest BCUT2D eigenvalue weighted by atomic mass is 10.1. The topological polar surface area (TPSA) is 38.7 Å². The van der Waals surface area contributed by atoms with Gasteiger partial charge in [0.1, 0.15) is 5.69 Å². The van der Waals surface area contributed by atoms with Crippen LogP contribution in [-0.4, -0.2) is 15.2 Å². The number of benzene rings is 4. The molecule has 4 aromatic carbocycles. The minimum atomic E-state index is 0.801. The Labute approximate surface area is 214 Å². The Kier molecular flexibility index (Phi) is 4.26. The summed E-state index contributed by atoms with van der Waals surface area (Å²) in [4.78, 5) is 4.75. The van der Waals surface area contributed by atoms with E-state index < -0.39 is 0 Å². The minimum absolute atomic E-state index is 0.801. The molecule has 0 unspecified atom stereocenters. The molecule has 8 rings (SSSR count). The van der Waals surface area contributed by atoms with E-state index in [4.69, 9.17) is 4.98 Å². The molecule has 0 fully saturated rings. The minimum Gasteiger partial charge on any atom is -0.254 e. The van der Waals surface area contributed by atoms with Crippen LogP contribution in [-0.2, 0) is 0 Å². The van der Waals surface area contributed by atoms with Crippen molar-refractivity contribution in [2.75, 3.05) is 0 Å². The quantitative estimate of drug-likeness (QED) is 0.264. The fourth-order valence-corrected chi connectivity index (χ4v) is 7.50. The van der Waals surface area contributed by atoms with Crippen molar-refractivity contribution in [3.05, 3.63) is 112 Å². The third-order valence-electron chi connectivity index (χ3n) is 6.82. The van der Waals surface area contributed by atoms with E-state index in [2.05, 4.69) is 107 Å². The molecule has 6 aromatic rings. The molecular formula is C31H17N3S2. The van der Waals surface area contributed by atoms with Crippen molar-refractivity contribution in [3.63, 3.8) is 0 Å². The van der Waals surface area contributed by atoms with Gasteiger partial charge in [-0.2, -0.15) is 0 Å². The predicted molar refractivity (Wildman–Crippen MR) is 153 cm³/mol. The molecule has 0 bridgehead atoms. The van der Waals surface area contributed by atoms with Gasteiger partial charge in [-0.05, 0) is 47.2 Å². The highest BCUT2D eigenvalue weighted by molar-refractivity contribution is 7.18. The second-order valence-electron chi connectivity index (χ2n) is 8.94. The number of rotatable bonds is 2. The van der Waals surface area contributed by atoms with Crippen molar-refractivity contribution in [2.45, 2.75) is 0 Å². The fraction of sp³-hybridized carbons (Fsp3) is 0. The Balaban J connectivity index is 1.29. The van der Waals surface area contributed by atoms with Gasteiger partial charge in [-0.3, -0.25) is 4.98 Å². The Morgan fingerprint density at radius 1 is 0.583 bits per heavy atom. The van der Waals surface area contributed by atoms with Gasteiger partial charge in [0, 0.05) is 45.6 Å². The molecule has 5 heteroatoms. The van der Waals surface area contributed by atoms with E-state index in [-0.39, 0.29) is 0 Å². The maximum Gasteiger partial charge on any atom is 0.113 e. The van der Waals surface area contributed by atoms with E-state index in [1.165, 1.54) is 50.8 Å². The number of hydrogen-bond donors (Lipinski definition) is 0. The van der Waals surface area contributed by atoms with Crippen LogP contribution < -0.4 is 9.06 Å². The molecular weight excluding hydrogens is 478 g/mol. The van der Waals surface area contributed by atoms with Gasteiger partial charge in [-0.15, -0.1) is 32.9 Å². The van der Waals surface area contributed by atoms with E-state index in [1.807, 2.05) is 17.5 Å². The summed E-state index contributed by atoms with van der Waals surface area (Å²) >= 11 is 3.61. The first-order valence-corrected chi connectivity index (χ1v) is 13.4. The molecule has 36 heavy (non-hydrogen) atoms. The summed E-state index contributed by atoms with van der Waals surface area (Å²) in [6.07, 6.45) is 6.17. The average Bonchev–Trinajstić information content (AvgIpc) is 3.53. The van der Waals surface area contributed by atoms with Gasteiger partial charge in [-0.25, -0.2) is 0 Å². The Morgan fingerprint density at radius 3 is 1.86 bits per heavy atom. The van der Waals surface area contributed by atoms with Gasteiger partial charge >= 0.3 is 0 Å². The van der Waals surface area contributed by atoms with Crippen molar-refractivity contribution in [2.24, 2.45) is 0 Å². The zero-order valence-electron chi connectivity index (χ0n) is 19.0. The van der Waals surface area contributed by atoms with Crippen molar-refractivity contribution in [1.82, 2.24) is 15.2 Å². The molecule has 2 aliphatic heterocycles. The largest absolute Gasteiger partial charge is 0.254 e. The number of hydrogen-bond acceptors (Lipinski definition) is 5. The van der Waals surface area contributed by atoms with Crippen molar-refractivity contribution in [3.8, 4) is 11.3 Å². The Bertz CT molecular complexity index is 2160. The summed E-state index contributed by atoms with van der Waals surface area (Å²) in [5.41, 5.74) is 3.59. The summed E-state index contributed by atoms with van der Waals surface area (Å²) in [7, 11) is 0. The van der Waals surface area contributed by atoms with Crippen LogP contribution in [0.15, 0.2) is 91.1 Å². The smallest absolute Gasteiger partial charge is 0.113 e. The van der Waals surface area contributed by atoms with Gasteiger partial charge in [-0.1, -0.05) is 60.7 Å². The van der Waals surface area contributed by atoms with Gasteiger partial charge in [0.05, 0.1) is 17.6 Å². The van der Waals surface area contributed by atoms with Crippen molar-refractivity contribution in [1.29, 1.82) is 0 Å². The lowest BCUT2D eigenvalue weighted by Gasteiger charge is -1.96. The number of fused-ring (bicyclic) bond motifs is 1. The maximum absolute atomic E-state index is 4.75. The van der Waals surface area contributed by atoms with Crippen LogP contribution in [0.3, 0.4) is 0 Å². The van der Waals surface area contributed by atoms with Crippen LogP contribution in [0.1, 0.15) is 11.4 Å². The molecule has 4 heterocycles. The van der Waals surface area contributed by atoms with E-state index >= 15 is 0 Å². The first kappa shape index (κ1) is 20.0. The molecule has 0 radical (unpaired) electrons. The summed E-state index contributed by atoms with van der Waals surface area (Å²) in [6, 6.07) is 30.1. The highest BCUT2D eigenvalue weighted by atomic mass is 32.1. The van der Waals surface area contributed by atoms with Crippen molar-refractivity contribution >= 4 is 76.5 Å². The Morgan fingerprint density at radius 2 is 1.19 bits per heavy atom. The lowest BCUT2D eigenvalue weighted by molar-refractivity contribution is 1.08. The van der Waals surface area contributed by atoms with Crippen LogP contribution >= 0.6 is 22.7 Å². The maximum atomic E-state index is 4.75. The number of thiophene rings is 2. The second-order valence-corrected chi connectivity index (χ2v) is 11.1. The summed E-state index contributed by atoms with van der Waals surface area (Å²) in [5.74, 6) is 0. The van der Waals surface area contributed by atoms with Gasteiger partial charge in [0.15, 0.2) is 0 Å². The standard InChI is InChI=1S/C31H17N3S2/c1-5-18-7-3-11-26-30(18)22(9-1)28(35-26)15-20-13-14-21-24(33-34-25(21)17-32-20)16-29-23-10-2-6-19-8-4-12-27(36-29)31(19)23/h1-17H/b28-15+,29-16+. The van der Waals surface area contributed by atoms with Crippen LogP contribution in [0.4, 0.5) is 0 Å². The summed E-state index contributed by atoms with van der Waals surface area (Å²) < 4.78 is 5.03. The number of aromatic nitrogens is 3. The van der Waals surface area contributed by atoms with Crippen LogP contribution in [0.2, 0.25) is 0 Å². The average molecular weight is 496 g/mol. The Hall–Kier alpha value is -4.19. The molecule has 2 aromatic heterocycles. The zero-order valence-corrected chi connectivity index (χ0v) is 20.6. The summed E-state index contributed by atoms with van der Waals surface area (Å²) in [6.45, 7) is 0. The molecule has 0 atom stereocenters. The van der Waals surface area contributed by atoms with Crippen LogP contribution in [0.5, 0.6) is 0 Å².